The van der Waals surface area contributed by atoms with Gasteiger partial charge in [0.25, 0.3) is 0 Å². The van der Waals surface area contributed by atoms with E-state index in [9.17, 15) is 0 Å². The van der Waals surface area contributed by atoms with Crippen LogP contribution in [0.5, 0.6) is 0 Å². The molecular weight excluding hydrogens is 196 g/mol. The van der Waals surface area contributed by atoms with E-state index < -0.39 is 0 Å². The van der Waals surface area contributed by atoms with Gasteiger partial charge in [0.1, 0.15) is 0 Å². The van der Waals surface area contributed by atoms with Crippen molar-refractivity contribution in [2.24, 2.45) is 5.41 Å². The fourth-order valence-electron chi connectivity index (χ4n) is 3.50. The van der Waals surface area contributed by atoms with Crippen LogP contribution in [0.25, 0.3) is 0 Å². The molecule has 0 aromatic carbocycles. The zero-order valence-electron chi connectivity index (χ0n) is 11.4. The Labute approximate surface area is 101 Å². The molecule has 2 fully saturated rings. The molecule has 16 heavy (non-hydrogen) atoms. The van der Waals surface area contributed by atoms with Gasteiger partial charge in [-0.1, -0.05) is 20.3 Å². The molecule has 1 N–H and O–H groups in total. The summed E-state index contributed by atoms with van der Waals surface area (Å²) in [7, 11) is 4.43. The first kappa shape index (κ1) is 12.4. The molecule has 0 aromatic heterocycles. The summed E-state index contributed by atoms with van der Waals surface area (Å²) in [6.45, 7) is 4.85. The molecule has 2 aliphatic rings. The monoisotopic (exact) mass is 224 g/mol. The van der Waals surface area contributed by atoms with Crippen molar-refractivity contribution < 1.29 is 0 Å². The summed E-state index contributed by atoms with van der Waals surface area (Å²) in [6, 6.07) is 2.34. The molecule has 0 saturated heterocycles. The van der Waals surface area contributed by atoms with Gasteiger partial charge in [0.15, 0.2) is 0 Å². The lowest BCUT2D eigenvalue weighted by Gasteiger charge is -2.31. The molecule has 94 valence electrons. The van der Waals surface area contributed by atoms with Gasteiger partial charge >= 0.3 is 0 Å². The van der Waals surface area contributed by atoms with Gasteiger partial charge < -0.3 is 10.2 Å². The SMILES string of the molecule is CN(C)C1CCC(NC2CCCC2(C)C)C1. The summed E-state index contributed by atoms with van der Waals surface area (Å²) in [5.41, 5.74) is 0.524. The largest absolute Gasteiger partial charge is 0.311 e. The van der Waals surface area contributed by atoms with Crippen LogP contribution in [-0.2, 0) is 0 Å². The number of hydrogen-bond acceptors (Lipinski definition) is 2. The maximum Gasteiger partial charge on any atom is 0.0121 e. The summed E-state index contributed by atoms with van der Waals surface area (Å²) in [6.07, 6.45) is 8.28. The number of rotatable bonds is 3. The van der Waals surface area contributed by atoms with E-state index in [-0.39, 0.29) is 0 Å². The van der Waals surface area contributed by atoms with E-state index in [1.807, 2.05) is 0 Å². The van der Waals surface area contributed by atoms with Crippen LogP contribution in [0.15, 0.2) is 0 Å². The van der Waals surface area contributed by atoms with Crippen LogP contribution in [0.3, 0.4) is 0 Å². The van der Waals surface area contributed by atoms with Crippen molar-refractivity contribution in [2.45, 2.75) is 70.5 Å². The van der Waals surface area contributed by atoms with Gasteiger partial charge in [-0.25, -0.2) is 0 Å². The molecule has 2 aliphatic carbocycles. The second kappa shape index (κ2) is 4.66. The lowest BCUT2D eigenvalue weighted by atomic mass is 9.87. The van der Waals surface area contributed by atoms with Crippen LogP contribution in [-0.4, -0.2) is 37.1 Å². The Morgan fingerprint density at radius 2 is 1.88 bits per heavy atom. The lowest BCUT2D eigenvalue weighted by molar-refractivity contribution is 0.250. The van der Waals surface area contributed by atoms with Crippen molar-refractivity contribution >= 4 is 0 Å². The standard InChI is InChI=1S/C14H28N2/c1-14(2)9-5-6-13(14)15-11-7-8-12(10-11)16(3)4/h11-13,15H,5-10H2,1-4H3. The highest BCUT2D eigenvalue weighted by Gasteiger charge is 2.37. The van der Waals surface area contributed by atoms with E-state index in [1.165, 1.54) is 38.5 Å². The van der Waals surface area contributed by atoms with Crippen molar-refractivity contribution in [1.82, 2.24) is 10.2 Å². The van der Waals surface area contributed by atoms with E-state index in [0.717, 1.165) is 18.1 Å². The van der Waals surface area contributed by atoms with Crippen LogP contribution in [0.1, 0.15) is 52.4 Å². The number of nitrogens with zero attached hydrogens (tertiary/aromatic N) is 1. The average Bonchev–Trinajstić information content (AvgIpc) is 2.75. The fourth-order valence-corrected chi connectivity index (χ4v) is 3.50. The molecule has 2 saturated carbocycles. The third-order valence-electron chi connectivity index (χ3n) is 4.83. The van der Waals surface area contributed by atoms with E-state index in [1.54, 1.807) is 0 Å². The molecule has 0 radical (unpaired) electrons. The minimum Gasteiger partial charge on any atom is -0.311 e. The van der Waals surface area contributed by atoms with Crippen LogP contribution < -0.4 is 5.32 Å². The molecule has 0 aliphatic heterocycles. The van der Waals surface area contributed by atoms with Gasteiger partial charge in [-0.2, -0.15) is 0 Å². The Kier molecular flexibility index (Phi) is 3.60. The van der Waals surface area contributed by atoms with Crippen molar-refractivity contribution in [3.8, 4) is 0 Å². The molecule has 0 aromatic rings. The maximum atomic E-state index is 3.93. The van der Waals surface area contributed by atoms with E-state index in [0.29, 0.717) is 5.41 Å². The first-order chi connectivity index (χ1) is 7.49. The lowest BCUT2D eigenvalue weighted by Crippen LogP contribution is -2.43. The topological polar surface area (TPSA) is 15.3 Å². The predicted octanol–water partition coefficient (Wildman–Crippen LogP) is 2.64. The normalized spacial score (nSPS) is 38.4. The second-order valence-corrected chi connectivity index (χ2v) is 6.73. The molecule has 3 unspecified atom stereocenters. The van der Waals surface area contributed by atoms with E-state index in [4.69, 9.17) is 0 Å². The Morgan fingerprint density at radius 3 is 2.38 bits per heavy atom. The molecule has 0 heterocycles. The maximum absolute atomic E-state index is 3.93. The fraction of sp³-hybridized carbons (Fsp3) is 1.00. The van der Waals surface area contributed by atoms with Crippen LogP contribution >= 0.6 is 0 Å². The molecular formula is C14H28N2. The molecule has 2 nitrogen and oxygen atoms in total. The summed E-state index contributed by atoms with van der Waals surface area (Å²) in [5, 5.41) is 3.93. The van der Waals surface area contributed by atoms with Crippen LogP contribution in [0, 0.1) is 5.41 Å². The van der Waals surface area contributed by atoms with Gasteiger partial charge in [-0.05, 0) is 51.6 Å². The molecule has 0 bridgehead atoms. The van der Waals surface area contributed by atoms with Crippen molar-refractivity contribution in [3.63, 3.8) is 0 Å². The van der Waals surface area contributed by atoms with Gasteiger partial charge in [0.05, 0.1) is 0 Å². The third kappa shape index (κ3) is 2.60. The number of hydrogen-bond donors (Lipinski definition) is 1. The summed E-state index contributed by atoms with van der Waals surface area (Å²) < 4.78 is 0. The first-order valence-corrected chi connectivity index (χ1v) is 6.91. The van der Waals surface area contributed by atoms with Gasteiger partial charge in [0, 0.05) is 18.1 Å². The van der Waals surface area contributed by atoms with Crippen LogP contribution in [0.2, 0.25) is 0 Å². The van der Waals surface area contributed by atoms with Crippen LogP contribution in [0.4, 0.5) is 0 Å². The molecule has 0 amide bonds. The van der Waals surface area contributed by atoms with Gasteiger partial charge in [-0.3, -0.25) is 0 Å². The Hall–Kier alpha value is -0.0800. The molecule has 3 atom stereocenters. The quantitative estimate of drug-likeness (QED) is 0.793. The second-order valence-electron chi connectivity index (χ2n) is 6.73. The highest BCUT2D eigenvalue weighted by molar-refractivity contribution is 4.94. The zero-order valence-corrected chi connectivity index (χ0v) is 11.4. The number of nitrogens with one attached hydrogen (secondary N) is 1. The van der Waals surface area contributed by atoms with E-state index in [2.05, 4.69) is 38.2 Å². The molecule has 2 heteroatoms. The first-order valence-electron chi connectivity index (χ1n) is 6.91. The Morgan fingerprint density at radius 1 is 1.12 bits per heavy atom. The molecule has 2 rings (SSSR count). The van der Waals surface area contributed by atoms with Crippen molar-refractivity contribution in [1.29, 1.82) is 0 Å². The Balaban J connectivity index is 1.83. The highest BCUT2D eigenvalue weighted by atomic mass is 15.1. The van der Waals surface area contributed by atoms with Gasteiger partial charge in [-0.15, -0.1) is 0 Å². The highest BCUT2D eigenvalue weighted by Crippen LogP contribution is 2.38. The smallest absolute Gasteiger partial charge is 0.0121 e. The van der Waals surface area contributed by atoms with Crippen molar-refractivity contribution in [3.05, 3.63) is 0 Å². The average molecular weight is 224 g/mol. The predicted molar refractivity (Wildman–Crippen MR) is 69.7 cm³/mol. The Bertz CT molecular complexity index is 235. The summed E-state index contributed by atoms with van der Waals surface area (Å²) in [5.74, 6) is 0. The molecule has 0 spiro atoms. The minimum absolute atomic E-state index is 0.524. The van der Waals surface area contributed by atoms with Crippen molar-refractivity contribution in [2.75, 3.05) is 14.1 Å². The summed E-state index contributed by atoms with van der Waals surface area (Å²) >= 11 is 0. The third-order valence-corrected chi connectivity index (χ3v) is 4.83. The van der Waals surface area contributed by atoms with E-state index >= 15 is 0 Å². The van der Waals surface area contributed by atoms with Gasteiger partial charge in [0.2, 0.25) is 0 Å². The summed E-state index contributed by atoms with van der Waals surface area (Å²) in [4.78, 5) is 2.39. The minimum atomic E-state index is 0.524. The zero-order chi connectivity index (χ0) is 11.8.